The number of carbonyl (C=O) groups excluding carboxylic acids is 4. The van der Waals surface area contributed by atoms with Gasteiger partial charge in [-0.2, -0.15) is 44.5 Å². The molecule has 4 amide bonds. The molecule has 2 saturated heterocycles. The molecular formula is C40H24Cl2F10N4O5. The molecule has 6 atom stereocenters. The average molecular weight is 902 g/mol. The number of nitrogens with one attached hydrogen (secondary N) is 1. The number of carbonyl (C=O) groups is 4. The Morgan fingerprint density at radius 1 is 0.754 bits per heavy atom. The lowest BCUT2D eigenvalue weighted by Crippen LogP contribution is -2.53. The molecule has 4 aromatic rings. The number of phenols is 1. The standard InChI is InChI=1S/C40H24Cl2F10N4O5/c41-21-4-2-17(3-5-21)37-26(34(59)56(36(37)61)54-32-27(42)13-20(15-53-32)40(50,51)52)14-25-23(31(37)16-1-8-29(57)28(43)9-16)6-7-24-30(25)35(60)55(33(24)58)22-11-18(38(44,45)46)10-19(12-22)39(47,48)49/h1-6,8-13,15,24-26,30-31,57H,7,14H2,(H,53,54). The number of aromatic nitrogens is 1. The summed E-state index contributed by atoms with van der Waals surface area (Å²) < 4.78 is 139. The summed E-state index contributed by atoms with van der Waals surface area (Å²) in [5.74, 6) is -14.3. The molecule has 2 aliphatic heterocycles. The molecule has 4 aliphatic rings. The molecule has 21 heteroatoms. The van der Waals surface area contributed by atoms with Crippen LogP contribution < -0.4 is 10.3 Å². The van der Waals surface area contributed by atoms with Gasteiger partial charge in [0.25, 0.3) is 11.8 Å². The van der Waals surface area contributed by atoms with E-state index < -0.39 is 128 Å². The fourth-order valence-electron chi connectivity index (χ4n) is 9.18. The smallest absolute Gasteiger partial charge is 0.417 e. The number of hydrazine groups is 1. The number of nitrogens with zero attached hydrogens (tertiary/aromatic N) is 3. The number of fused-ring (bicyclic) bond motifs is 4. The molecule has 1 saturated carbocycles. The third kappa shape index (κ3) is 6.67. The van der Waals surface area contributed by atoms with Gasteiger partial charge in [-0.3, -0.25) is 24.6 Å². The van der Waals surface area contributed by atoms with E-state index in [1.165, 1.54) is 36.4 Å². The number of anilines is 2. The van der Waals surface area contributed by atoms with E-state index in [0.717, 1.165) is 12.1 Å². The molecule has 3 fully saturated rings. The first-order valence-electron chi connectivity index (χ1n) is 17.9. The van der Waals surface area contributed by atoms with Crippen molar-refractivity contribution in [3.63, 3.8) is 0 Å². The van der Waals surface area contributed by atoms with Gasteiger partial charge in [0.15, 0.2) is 17.4 Å². The number of hydrogen-bond acceptors (Lipinski definition) is 7. The molecule has 61 heavy (non-hydrogen) atoms. The monoisotopic (exact) mass is 900 g/mol. The van der Waals surface area contributed by atoms with E-state index in [1.54, 1.807) is 0 Å². The largest absolute Gasteiger partial charge is 0.505 e. The van der Waals surface area contributed by atoms with Gasteiger partial charge in [-0.25, -0.2) is 14.3 Å². The summed E-state index contributed by atoms with van der Waals surface area (Å²) in [6, 6.07) is 9.34. The molecule has 3 aromatic carbocycles. The molecule has 318 valence electrons. The number of amides is 4. The topological polar surface area (TPSA) is 120 Å². The SMILES string of the molecule is O=C1C2CC3C(=CCC4C(=O)N(c5cc(C(F)(F)F)cc(C(F)(F)F)c5)C(=O)C43)C(c3ccc(O)c(F)c3)C2(c2ccc(Cl)cc2)C(=O)N1Nc1ncc(C(F)(F)F)cc1Cl. The normalized spacial score (nSPS) is 25.4. The lowest BCUT2D eigenvalue weighted by Gasteiger charge is -2.50. The Bertz CT molecular complexity index is 2550. The van der Waals surface area contributed by atoms with Crippen molar-refractivity contribution in [1.82, 2.24) is 9.99 Å². The van der Waals surface area contributed by atoms with Crippen LogP contribution in [0.2, 0.25) is 10.0 Å². The number of aromatic hydroxyl groups is 1. The number of phenolic OH excluding ortho intramolecular Hbond substituents is 1. The molecule has 6 unspecified atom stereocenters. The van der Waals surface area contributed by atoms with Crippen molar-refractivity contribution in [1.29, 1.82) is 0 Å². The lowest BCUT2D eigenvalue weighted by molar-refractivity contribution is -0.143. The summed E-state index contributed by atoms with van der Waals surface area (Å²) in [5, 5.41) is 10.1. The number of pyridine rings is 1. The molecule has 3 heterocycles. The molecule has 2 N–H and O–H groups in total. The third-order valence-corrected chi connectivity index (χ3v) is 12.2. The second-order valence-electron chi connectivity index (χ2n) is 14.9. The zero-order valence-corrected chi connectivity index (χ0v) is 31.8. The number of hydrogen-bond donors (Lipinski definition) is 2. The van der Waals surface area contributed by atoms with Gasteiger partial charge in [-0.1, -0.05) is 53.1 Å². The Balaban J connectivity index is 1.30. The first-order valence-corrected chi connectivity index (χ1v) is 18.7. The summed E-state index contributed by atoms with van der Waals surface area (Å²) in [4.78, 5) is 62.3. The van der Waals surface area contributed by atoms with E-state index in [-0.39, 0.29) is 51.2 Å². The number of allylic oxidation sites excluding steroid dienone is 2. The van der Waals surface area contributed by atoms with E-state index in [0.29, 0.717) is 17.3 Å². The van der Waals surface area contributed by atoms with Gasteiger partial charge in [-0.15, -0.1) is 0 Å². The van der Waals surface area contributed by atoms with Gasteiger partial charge < -0.3 is 5.11 Å². The van der Waals surface area contributed by atoms with Crippen LogP contribution in [0.4, 0.5) is 55.4 Å². The molecule has 8 rings (SSSR count). The Kier molecular flexibility index (Phi) is 9.77. The number of halogens is 12. The fraction of sp³-hybridized carbons (Fsp3) is 0.275. The van der Waals surface area contributed by atoms with Gasteiger partial charge in [0.2, 0.25) is 11.8 Å². The second kappa shape index (κ2) is 14.2. The lowest BCUT2D eigenvalue weighted by atomic mass is 9.49. The number of rotatable bonds is 5. The van der Waals surface area contributed by atoms with E-state index in [1.807, 2.05) is 0 Å². The predicted molar refractivity (Wildman–Crippen MR) is 194 cm³/mol. The first kappa shape index (κ1) is 42.0. The highest BCUT2D eigenvalue weighted by Crippen LogP contribution is 2.64. The summed E-state index contributed by atoms with van der Waals surface area (Å²) in [5.41, 5.74) is -5.40. The van der Waals surface area contributed by atoms with Crippen molar-refractivity contribution in [3.8, 4) is 5.75 Å². The van der Waals surface area contributed by atoms with Gasteiger partial charge in [-0.05, 0) is 78.4 Å². The number of imide groups is 2. The highest BCUT2D eigenvalue weighted by molar-refractivity contribution is 6.33. The van der Waals surface area contributed by atoms with Crippen LogP contribution >= 0.6 is 23.2 Å². The molecule has 0 spiro atoms. The minimum absolute atomic E-state index is 0.0559. The summed E-state index contributed by atoms with van der Waals surface area (Å²) in [6.07, 6.45) is -14.5. The Morgan fingerprint density at radius 2 is 1.38 bits per heavy atom. The van der Waals surface area contributed by atoms with E-state index in [4.69, 9.17) is 23.2 Å². The fourth-order valence-corrected chi connectivity index (χ4v) is 9.52. The van der Waals surface area contributed by atoms with Crippen LogP contribution in [0, 0.1) is 29.5 Å². The van der Waals surface area contributed by atoms with E-state index in [2.05, 4.69) is 10.4 Å². The molecule has 0 radical (unpaired) electrons. The van der Waals surface area contributed by atoms with E-state index in [9.17, 15) is 59.0 Å². The molecular weight excluding hydrogens is 877 g/mol. The van der Waals surface area contributed by atoms with Crippen molar-refractivity contribution >= 4 is 58.3 Å². The third-order valence-electron chi connectivity index (χ3n) is 11.7. The van der Waals surface area contributed by atoms with Crippen LogP contribution in [-0.4, -0.2) is 38.7 Å². The molecule has 0 bridgehead atoms. The molecule has 1 aromatic heterocycles. The van der Waals surface area contributed by atoms with Gasteiger partial charge in [0.05, 0.1) is 50.6 Å². The van der Waals surface area contributed by atoms with Crippen molar-refractivity contribution in [3.05, 3.63) is 128 Å². The first-order chi connectivity index (χ1) is 28.4. The zero-order chi connectivity index (χ0) is 44.3. The Morgan fingerprint density at radius 3 is 1.95 bits per heavy atom. The molecule has 9 nitrogen and oxygen atoms in total. The summed E-state index contributed by atoms with van der Waals surface area (Å²) in [7, 11) is 0. The molecule has 2 aliphatic carbocycles. The van der Waals surface area contributed by atoms with Crippen LogP contribution in [0.1, 0.15) is 46.6 Å². The highest BCUT2D eigenvalue weighted by atomic mass is 35.5. The minimum Gasteiger partial charge on any atom is -0.505 e. The van der Waals surface area contributed by atoms with Crippen LogP contribution in [0.5, 0.6) is 5.75 Å². The summed E-state index contributed by atoms with van der Waals surface area (Å²) >= 11 is 12.4. The van der Waals surface area contributed by atoms with Crippen LogP contribution in [0.15, 0.2) is 84.6 Å². The zero-order valence-electron chi connectivity index (χ0n) is 30.3. The van der Waals surface area contributed by atoms with E-state index >= 15 is 9.18 Å². The van der Waals surface area contributed by atoms with Crippen LogP contribution in [-0.2, 0) is 43.1 Å². The maximum Gasteiger partial charge on any atom is 0.417 e. The summed E-state index contributed by atoms with van der Waals surface area (Å²) in [6.45, 7) is 0. The van der Waals surface area contributed by atoms with Gasteiger partial charge in [0, 0.05) is 17.1 Å². The predicted octanol–water partition coefficient (Wildman–Crippen LogP) is 9.48. The second-order valence-corrected chi connectivity index (χ2v) is 15.7. The number of alkyl halides is 9. The minimum atomic E-state index is -5.33. The number of benzene rings is 3. The Hall–Kier alpha value is -5.69. The van der Waals surface area contributed by atoms with Crippen molar-refractivity contribution in [2.45, 2.75) is 42.7 Å². The maximum atomic E-state index is 15.4. The average Bonchev–Trinajstić information content (AvgIpc) is 3.56. The van der Waals surface area contributed by atoms with Crippen LogP contribution in [0.25, 0.3) is 0 Å². The van der Waals surface area contributed by atoms with Crippen molar-refractivity contribution in [2.24, 2.45) is 23.7 Å². The highest BCUT2D eigenvalue weighted by Gasteiger charge is 2.70. The maximum absolute atomic E-state index is 15.4. The quantitative estimate of drug-likeness (QED) is 0.116. The Labute approximate surface area is 346 Å². The van der Waals surface area contributed by atoms with Crippen LogP contribution in [0.3, 0.4) is 0 Å². The van der Waals surface area contributed by atoms with Crippen molar-refractivity contribution in [2.75, 3.05) is 10.3 Å². The van der Waals surface area contributed by atoms with Crippen molar-refractivity contribution < 1.29 is 68.2 Å². The van der Waals surface area contributed by atoms with Gasteiger partial charge >= 0.3 is 18.5 Å². The van der Waals surface area contributed by atoms with Gasteiger partial charge in [0.1, 0.15) is 0 Å².